The van der Waals surface area contributed by atoms with Crippen molar-refractivity contribution in [3.05, 3.63) is 106 Å². The van der Waals surface area contributed by atoms with E-state index in [2.05, 4.69) is 36.6 Å². The molecule has 2 N–H and O–H groups in total. The fourth-order valence-corrected chi connectivity index (χ4v) is 4.98. The van der Waals surface area contributed by atoms with E-state index in [1.807, 2.05) is 49.4 Å². The van der Waals surface area contributed by atoms with E-state index >= 15 is 0 Å². The Morgan fingerprint density at radius 1 is 0.921 bits per heavy atom. The van der Waals surface area contributed by atoms with Crippen molar-refractivity contribution in [3.63, 3.8) is 0 Å². The van der Waals surface area contributed by atoms with Crippen LogP contribution in [0.2, 0.25) is 0 Å². The highest BCUT2D eigenvalue weighted by molar-refractivity contribution is 9.10. The van der Waals surface area contributed by atoms with Gasteiger partial charge in [0.05, 0.1) is 29.1 Å². The molecule has 0 unspecified atom stereocenters. The van der Waals surface area contributed by atoms with E-state index in [1.165, 1.54) is 11.3 Å². The van der Waals surface area contributed by atoms with Crippen molar-refractivity contribution in [3.8, 4) is 22.0 Å². The van der Waals surface area contributed by atoms with E-state index in [0.29, 0.717) is 33.5 Å². The zero-order valence-corrected chi connectivity index (χ0v) is 22.8. The van der Waals surface area contributed by atoms with Gasteiger partial charge >= 0.3 is 0 Å². The Labute approximate surface area is 231 Å². The summed E-state index contributed by atoms with van der Waals surface area (Å²) in [6, 6.07) is 25.4. The molecule has 0 aliphatic rings. The van der Waals surface area contributed by atoms with E-state index in [4.69, 9.17) is 4.74 Å². The number of benzene rings is 3. The van der Waals surface area contributed by atoms with E-state index in [9.17, 15) is 9.59 Å². The van der Waals surface area contributed by atoms with Crippen LogP contribution in [0, 0.1) is 6.92 Å². The molecular formula is C28H22BrN5O3S. The van der Waals surface area contributed by atoms with Crippen molar-refractivity contribution < 1.29 is 14.3 Å². The highest BCUT2D eigenvalue weighted by Crippen LogP contribution is 2.35. The Kier molecular flexibility index (Phi) is 7.34. The summed E-state index contributed by atoms with van der Waals surface area (Å²) in [5.41, 5.74) is 3.56. The number of carbonyl (C=O) groups excluding carboxylic acids is 2. The minimum absolute atomic E-state index is 0.237. The molecule has 0 aliphatic heterocycles. The number of hydrogen-bond donors (Lipinski definition) is 2. The smallest absolute Gasteiger partial charge is 0.276 e. The lowest BCUT2D eigenvalue weighted by molar-refractivity contribution is 0.101. The summed E-state index contributed by atoms with van der Waals surface area (Å²) in [4.78, 5) is 31.2. The number of aryl methyl sites for hydroxylation is 1. The Morgan fingerprint density at radius 3 is 2.32 bits per heavy atom. The Bertz CT molecular complexity index is 1600. The second-order valence-corrected chi connectivity index (χ2v) is 10.2. The van der Waals surface area contributed by atoms with E-state index < -0.39 is 0 Å². The fraction of sp³-hybridized carbons (Fsp3) is 0.0714. The summed E-state index contributed by atoms with van der Waals surface area (Å²) in [5.74, 6) is 0.0968. The van der Waals surface area contributed by atoms with E-state index in [-0.39, 0.29) is 17.5 Å². The van der Waals surface area contributed by atoms with E-state index in [1.54, 1.807) is 54.3 Å². The largest absolute Gasteiger partial charge is 0.497 e. The van der Waals surface area contributed by atoms with Crippen molar-refractivity contribution >= 4 is 49.9 Å². The molecule has 0 spiro atoms. The SMILES string of the molecule is COc1ccc(NC(=O)c2cc(-c3sc(NC(=O)c4ccccc4)nc3C)n(-c3ccc(Br)cc3)n2)cc1. The van der Waals surface area contributed by atoms with Gasteiger partial charge in [-0.25, -0.2) is 9.67 Å². The number of nitrogens with one attached hydrogen (secondary N) is 2. The first-order valence-corrected chi connectivity index (χ1v) is 13.2. The Balaban J connectivity index is 1.49. The maximum atomic E-state index is 13.1. The zero-order valence-electron chi connectivity index (χ0n) is 20.4. The lowest BCUT2D eigenvalue weighted by Crippen LogP contribution is -2.13. The van der Waals surface area contributed by atoms with Gasteiger partial charge < -0.3 is 10.1 Å². The van der Waals surface area contributed by atoms with Crippen molar-refractivity contribution in [2.24, 2.45) is 0 Å². The predicted molar refractivity (Wildman–Crippen MR) is 152 cm³/mol. The van der Waals surface area contributed by atoms with Crippen LogP contribution >= 0.6 is 27.3 Å². The molecule has 8 nitrogen and oxygen atoms in total. The second kappa shape index (κ2) is 11.0. The molecule has 0 bridgehead atoms. The predicted octanol–water partition coefficient (Wildman–Crippen LogP) is 6.58. The highest BCUT2D eigenvalue weighted by atomic mass is 79.9. The van der Waals surface area contributed by atoms with Crippen LogP contribution in [-0.2, 0) is 0 Å². The average molecular weight is 588 g/mol. The number of methoxy groups -OCH3 is 1. The molecule has 5 rings (SSSR count). The van der Waals surface area contributed by atoms with Gasteiger partial charge in [0, 0.05) is 15.7 Å². The Hall–Kier alpha value is -4.28. The van der Waals surface area contributed by atoms with Crippen LogP contribution in [-0.4, -0.2) is 33.7 Å². The van der Waals surface area contributed by atoms with Crippen LogP contribution in [0.1, 0.15) is 26.5 Å². The zero-order chi connectivity index (χ0) is 26.6. The molecule has 0 fully saturated rings. The van der Waals surface area contributed by atoms with Crippen LogP contribution in [0.3, 0.4) is 0 Å². The first-order chi connectivity index (χ1) is 18.4. The van der Waals surface area contributed by atoms with Gasteiger partial charge in [0.2, 0.25) is 0 Å². The summed E-state index contributed by atoms with van der Waals surface area (Å²) >= 11 is 4.79. The summed E-state index contributed by atoms with van der Waals surface area (Å²) in [6.07, 6.45) is 0. The molecule has 0 saturated carbocycles. The lowest BCUT2D eigenvalue weighted by Gasteiger charge is -2.07. The minimum atomic E-state index is -0.355. The number of anilines is 2. The monoisotopic (exact) mass is 587 g/mol. The topological polar surface area (TPSA) is 98.1 Å². The molecule has 190 valence electrons. The normalized spacial score (nSPS) is 10.7. The number of halogens is 1. The van der Waals surface area contributed by atoms with Gasteiger partial charge in [-0.2, -0.15) is 5.10 Å². The van der Waals surface area contributed by atoms with Crippen molar-refractivity contribution in [2.75, 3.05) is 17.7 Å². The number of ether oxygens (including phenoxy) is 1. The number of carbonyl (C=O) groups is 2. The number of thiazole rings is 1. The number of nitrogens with zero attached hydrogens (tertiary/aromatic N) is 3. The molecule has 2 heterocycles. The molecule has 0 saturated heterocycles. The van der Waals surface area contributed by atoms with Crippen LogP contribution in [0.15, 0.2) is 89.4 Å². The molecule has 3 aromatic carbocycles. The summed E-state index contributed by atoms with van der Waals surface area (Å²) in [7, 11) is 1.59. The minimum Gasteiger partial charge on any atom is -0.497 e. The van der Waals surface area contributed by atoms with E-state index in [0.717, 1.165) is 15.0 Å². The third-order valence-corrected chi connectivity index (χ3v) is 7.27. The number of hydrogen-bond acceptors (Lipinski definition) is 6. The summed E-state index contributed by atoms with van der Waals surface area (Å²) < 4.78 is 7.81. The number of amides is 2. The van der Waals surface area contributed by atoms with Gasteiger partial charge in [-0.3, -0.25) is 14.9 Å². The molecular weight excluding hydrogens is 566 g/mol. The van der Waals surface area contributed by atoms with Crippen LogP contribution in [0.4, 0.5) is 10.8 Å². The standard InChI is InChI=1S/C28H22BrN5O3S/c1-17-25(38-28(30-17)32-26(35)18-6-4-3-5-7-18)24-16-23(33-34(24)21-12-8-19(29)9-13-21)27(36)31-20-10-14-22(37-2)15-11-20/h3-16H,1-2H3,(H,31,36)(H,30,32,35). The number of rotatable bonds is 7. The molecule has 38 heavy (non-hydrogen) atoms. The molecule has 0 radical (unpaired) electrons. The van der Waals surface area contributed by atoms with Gasteiger partial charge in [-0.15, -0.1) is 0 Å². The van der Waals surface area contributed by atoms with Gasteiger partial charge in [0.25, 0.3) is 11.8 Å². The first kappa shape index (κ1) is 25.4. The highest BCUT2D eigenvalue weighted by Gasteiger charge is 2.21. The molecule has 0 atom stereocenters. The average Bonchev–Trinajstić information content (AvgIpc) is 3.53. The van der Waals surface area contributed by atoms with Crippen molar-refractivity contribution in [2.45, 2.75) is 6.92 Å². The summed E-state index contributed by atoms with van der Waals surface area (Å²) in [5, 5.41) is 10.8. The maximum Gasteiger partial charge on any atom is 0.276 e. The Morgan fingerprint density at radius 2 is 1.63 bits per heavy atom. The quantitative estimate of drug-likeness (QED) is 0.224. The number of aromatic nitrogens is 3. The van der Waals surface area contributed by atoms with Crippen LogP contribution < -0.4 is 15.4 Å². The van der Waals surface area contributed by atoms with Gasteiger partial charge in [-0.05, 0) is 73.7 Å². The van der Waals surface area contributed by atoms with Gasteiger partial charge in [-0.1, -0.05) is 45.5 Å². The summed E-state index contributed by atoms with van der Waals surface area (Å²) in [6.45, 7) is 1.86. The van der Waals surface area contributed by atoms with Gasteiger partial charge in [0.1, 0.15) is 5.75 Å². The van der Waals surface area contributed by atoms with Gasteiger partial charge in [0.15, 0.2) is 10.8 Å². The lowest BCUT2D eigenvalue weighted by atomic mass is 10.2. The van der Waals surface area contributed by atoms with Crippen LogP contribution in [0.25, 0.3) is 16.3 Å². The van der Waals surface area contributed by atoms with Crippen molar-refractivity contribution in [1.29, 1.82) is 0 Å². The third kappa shape index (κ3) is 5.51. The van der Waals surface area contributed by atoms with Crippen molar-refractivity contribution in [1.82, 2.24) is 14.8 Å². The molecule has 2 amide bonds. The molecule has 10 heteroatoms. The second-order valence-electron chi connectivity index (χ2n) is 8.24. The maximum absolute atomic E-state index is 13.1. The molecule has 0 aliphatic carbocycles. The fourth-order valence-electron chi connectivity index (χ4n) is 3.75. The molecule has 2 aromatic heterocycles. The third-order valence-electron chi connectivity index (χ3n) is 5.65. The molecule has 5 aromatic rings. The first-order valence-electron chi connectivity index (χ1n) is 11.6. The van der Waals surface area contributed by atoms with Crippen LogP contribution in [0.5, 0.6) is 5.75 Å².